The molecule has 86 valence electrons. The van der Waals surface area contributed by atoms with Crippen molar-refractivity contribution in [3.63, 3.8) is 0 Å². The Bertz CT molecular complexity index is 563. The Morgan fingerprint density at radius 3 is 2.65 bits per heavy atom. The third-order valence-corrected chi connectivity index (χ3v) is 3.44. The zero-order valence-corrected chi connectivity index (χ0v) is 9.36. The van der Waals surface area contributed by atoms with Crippen LogP contribution in [0, 0.1) is 5.82 Å². The zero-order valence-electron chi connectivity index (χ0n) is 9.36. The molecule has 0 saturated heterocycles. The Labute approximate surface area is 99.5 Å². The van der Waals surface area contributed by atoms with Crippen molar-refractivity contribution in [3.05, 3.63) is 65.0 Å². The molecule has 0 spiro atoms. The average molecular weight is 228 g/mol. The molecule has 2 heteroatoms. The van der Waals surface area contributed by atoms with E-state index in [0.29, 0.717) is 11.7 Å². The summed E-state index contributed by atoms with van der Waals surface area (Å²) in [5.74, 6) is 0.465. The van der Waals surface area contributed by atoms with Gasteiger partial charge in [-0.3, -0.25) is 0 Å². The highest BCUT2D eigenvalue weighted by atomic mass is 19.1. The summed E-state index contributed by atoms with van der Waals surface area (Å²) in [6, 6.07) is 12.3. The van der Waals surface area contributed by atoms with Crippen molar-refractivity contribution in [1.82, 2.24) is 0 Å². The summed E-state index contributed by atoms with van der Waals surface area (Å²) < 4.78 is 13.2. The first-order chi connectivity index (χ1) is 8.22. The van der Waals surface area contributed by atoms with Gasteiger partial charge in [0.15, 0.2) is 0 Å². The van der Waals surface area contributed by atoms with Gasteiger partial charge in [0.25, 0.3) is 0 Å². The lowest BCUT2D eigenvalue weighted by molar-refractivity contribution is 0.474. The second-order valence-electron chi connectivity index (χ2n) is 4.61. The minimum atomic E-state index is -0.179. The Balaban J connectivity index is 1.91. The molecule has 1 atom stereocenters. The molecular formula is C15H13FO. The quantitative estimate of drug-likeness (QED) is 0.793. The van der Waals surface area contributed by atoms with Crippen LogP contribution in [0.25, 0.3) is 0 Å². The Hall–Kier alpha value is -1.83. The van der Waals surface area contributed by atoms with Gasteiger partial charge in [0.1, 0.15) is 11.6 Å². The van der Waals surface area contributed by atoms with Gasteiger partial charge >= 0.3 is 0 Å². The van der Waals surface area contributed by atoms with Gasteiger partial charge in [-0.25, -0.2) is 4.39 Å². The lowest BCUT2D eigenvalue weighted by atomic mass is 9.96. The molecule has 1 N–H and O–H groups in total. The highest BCUT2D eigenvalue weighted by molar-refractivity contribution is 5.41. The number of rotatable bonds is 1. The smallest absolute Gasteiger partial charge is 0.123 e. The number of hydrogen-bond donors (Lipinski definition) is 1. The maximum absolute atomic E-state index is 13.2. The largest absolute Gasteiger partial charge is 0.508 e. The van der Waals surface area contributed by atoms with Crippen molar-refractivity contribution in [2.45, 2.75) is 18.8 Å². The van der Waals surface area contributed by atoms with Crippen LogP contribution in [0.2, 0.25) is 0 Å². The van der Waals surface area contributed by atoms with Gasteiger partial charge in [-0.2, -0.15) is 0 Å². The van der Waals surface area contributed by atoms with E-state index in [4.69, 9.17) is 0 Å². The minimum absolute atomic E-state index is 0.179. The monoisotopic (exact) mass is 228 g/mol. The second-order valence-corrected chi connectivity index (χ2v) is 4.61. The summed E-state index contributed by atoms with van der Waals surface area (Å²) in [7, 11) is 0. The molecule has 0 heterocycles. The van der Waals surface area contributed by atoms with Gasteiger partial charge in [-0.15, -0.1) is 0 Å². The summed E-state index contributed by atoms with van der Waals surface area (Å²) in [5.41, 5.74) is 3.48. The third-order valence-electron chi connectivity index (χ3n) is 3.44. The predicted octanol–water partition coefficient (Wildman–Crippen LogP) is 3.41. The highest BCUT2D eigenvalue weighted by Crippen LogP contribution is 2.35. The van der Waals surface area contributed by atoms with E-state index in [1.165, 1.54) is 17.2 Å². The number of hydrogen-bond acceptors (Lipinski definition) is 1. The number of halogens is 1. The Morgan fingerprint density at radius 1 is 1.00 bits per heavy atom. The van der Waals surface area contributed by atoms with Crippen molar-refractivity contribution in [3.8, 4) is 5.75 Å². The molecule has 0 aliphatic heterocycles. The summed E-state index contributed by atoms with van der Waals surface area (Å²) in [6.07, 6.45) is 1.81. The molecule has 1 nitrogen and oxygen atoms in total. The third kappa shape index (κ3) is 1.91. The number of fused-ring (bicyclic) bond motifs is 1. The van der Waals surface area contributed by atoms with Gasteiger partial charge in [0.05, 0.1) is 0 Å². The predicted molar refractivity (Wildman–Crippen MR) is 64.7 cm³/mol. The summed E-state index contributed by atoms with van der Waals surface area (Å²) in [4.78, 5) is 0. The summed E-state index contributed by atoms with van der Waals surface area (Å²) in [6.45, 7) is 0. The molecule has 0 bridgehead atoms. The summed E-state index contributed by atoms with van der Waals surface area (Å²) in [5, 5.41) is 9.44. The second kappa shape index (κ2) is 3.88. The van der Waals surface area contributed by atoms with E-state index >= 15 is 0 Å². The molecule has 1 aliphatic rings. The van der Waals surface area contributed by atoms with Crippen LogP contribution in [0.5, 0.6) is 5.75 Å². The summed E-state index contributed by atoms with van der Waals surface area (Å²) >= 11 is 0. The normalized spacial score (nSPS) is 18.1. The van der Waals surface area contributed by atoms with E-state index < -0.39 is 0 Å². The topological polar surface area (TPSA) is 20.2 Å². The van der Waals surface area contributed by atoms with Crippen molar-refractivity contribution in [1.29, 1.82) is 0 Å². The zero-order chi connectivity index (χ0) is 11.8. The van der Waals surface area contributed by atoms with E-state index in [-0.39, 0.29) is 5.82 Å². The molecule has 0 saturated carbocycles. The van der Waals surface area contributed by atoms with E-state index in [1.807, 2.05) is 18.2 Å². The molecular weight excluding hydrogens is 215 g/mol. The van der Waals surface area contributed by atoms with Gasteiger partial charge < -0.3 is 5.11 Å². The molecule has 1 unspecified atom stereocenters. The molecule has 1 aliphatic carbocycles. The standard InChI is InChI=1S/C15H13FO/c16-14-3-1-2-10(8-14)12-6-11-4-5-15(17)9-13(11)7-12/h1-5,8-9,12,17H,6-7H2. The van der Waals surface area contributed by atoms with Crippen molar-refractivity contribution >= 4 is 0 Å². The van der Waals surface area contributed by atoms with Crippen LogP contribution in [0.15, 0.2) is 42.5 Å². The molecule has 0 amide bonds. The average Bonchev–Trinajstić information content (AvgIpc) is 2.72. The molecule has 3 rings (SSSR count). The minimum Gasteiger partial charge on any atom is -0.508 e. The molecule has 0 aromatic heterocycles. The highest BCUT2D eigenvalue weighted by Gasteiger charge is 2.23. The van der Waals surface area contributed by atoms with Gasteiger partial charge in [-0.1, -0.05) is 18.2 Å². The van der Waals surface area contributed by atoms with E-state index in [1.54, 1.807) is 18.2 Å². The Morgan fingerprint density at radius 2 is 1.82 bits per heavy atom. The molecule has 0 radical (unpaired) electrons. The van der Waals surface area contributed by atoms with Crippen molar-refractivity contribution < 1.29 is 9.50 Å². The van der Waals surface area contributed by atoms with Gasteiger partial charge in [0.2, 0.25) is 0 Å². The van der Waals surface area contributed by atoms with Crippen molar-refractivity contribution in [2.75, 3.05) is 0 Å². The van der Waals surface area contributed by atoms with E-state index in [0.717, 1.165) is 18.4 Å². The van der Waals surface area contributed by atoms with Crippen LogP contribution in [-0.2, 0) is 12.8 Å². The number of aromatic hydroxyl groups is 1. The molecule has 0 fully saturated rings. The van der Waals surface area contributed by atoms with Crippen LogP contribution in [0.3, 0.4) is 0 Å². The fourth-order valence-corrected chi connectivity index (χ4v) is 2.60. The molecule has 17 heavy (non-hydrogen) atoms. The van der Waals surface area contributed by atoms with E-state index in [9.17, 15) is 9.50 Å². The Kier molecular flexibility index (Phi) is 2.36. The fourth-order valence-electron chi connectivity index (χ4n) is 2.60. The number of phenolic OH excluding ortho intramolecular Hbond substituents is 1. The van der Waals surface area contributed by atoms with Crippen LogP contribution < -0.4 is 0 Å². The van der Waals surface area contributed by atoms with Crippen LogP contribution in [0.4, 0.5) is 4.39 Å². The fraction of sp³-hybridized carbons (Fsp3) is 0.200. The number of phenols is 1. The molecule has 2 aromatic carbocycles. The maximum atomic E-state index is 13.2. The SMILES string of the molecule is Oc1ccc2c(c1)CC(c1cccc(F)c1)C2. The van der Waals surface area contributed by atoms with E-state index in [2.05, 4.69) is 0 Å². The number of benzene rings is 2. The van der Waals surface area contributed by atoms with Gasteiger partial charge in [-0.05, 0) is 59.7 Å². The lowest BCUT2D eigenvalue weighted by Crippen LogP contribution is -1.98. The van der Waals surface area contributed by atoms with Gasteiger partial charge in [0, 0.05) is 0 Å². The first-order valence-electron chi connectivity index (χ1n) is 5.78. The maximum Gasteiger partial charge on any atom is 0.123 e. The first kappa shape index (κ1) is 10.3. The lowest BCUT2D eigenvalue weighted by Gasteiger charge is -2.08. The van der Waals surface area contributed by atoms with Crippen LogP contribution in [-0.4, -0.2) is 5.11 Å². The first-order valence-corrected chi connectivity index (χ1v) is 5.78. The van der Waals surface area contributed by atoms with Crippen LogP contribution >= 0.6 is 0 Å². The van der Waals surface area contributed by atoms with Crippen molar-refractivity contribution in [2.24, 2.45) is 0 Å². The molecule has 2 aromatic rings. The van der Waals surface area contributed by atoms with Crippen LogP contribution in [0.1, 0.15) is 22.6 Å².